The molecule has 1 aliphatic carbocycles. The molecule has 4 aromatic rings. The number of hydrogen-bond donors (Lipinski definition) is 6. The van der Waals surface area contributed by atoms with Gasteiger partial charge in [-0.15, -0.1) is 0 Å². The van der Waals surface area contributed by atoms with E-state index in [1.807, 2.05) is 13.8 Å². The van der Waals surface area contributed by atoms with Crippen LogP contribution in [0.1, 0.15) is 45.7 Å². The van der Waals surface area contributed by atoms with Crippen LogP contribution in [0, 0.1) is 5.41 Å². The first kappa shape index (κ1) is 32.7. The topological polar surface area (TPSA) is 244 Å². The van der Waals surface area contributed by atoms with Crippen molar-refractivity contribution in [3.8, 4) is 0 Å². The Kier molecular flexibility index (Phi) is 8.47. The van der Waals surface area contributed by atoms with Gasteiger partial charge in [0.25, 0.3) is 20.2 Å². The summed E-state index contributed by atoms with van der Waals surface area (Å²) in [7, 11) is -9.43. The molecule has 0 aliphatic heterocycles. The molecular formula is C28H26ClN7O8S2. The number of carbonyl (C=O) groups excluding carboxylic acids is 2. The van der Waals surface area contributed by atoms with Gasteiger partial charge in [0.05, 0.1) is 22.5 Å². The summed E-state index contributed by atoms with van der Waals surface area (Å²) in [6.07, 6.45) is 0. The lowest BCUT2D eigenvalue weighted by atomic mass is 9.82. The summed E-state index contributed by atoms with van der Waals surface area (Å²) in [5.74, 6) is -1.32. The van der Waals surface area contributed by atoms with E-state index in [-0.39, 0.29) is 63.9 Å². The molecule has 0 fully saturated rings. The molecule has 5 rings (SSSR count). The van der Waals surface area contributed by atoms with Crippen molar-refractivity contribution in [1.29, 1.82) is 0 Å². The number of anilines is 5. The van der Waals surface area contributed by atoms with E-state index in [2.05, 4.69) is 30.9 Å². The van der Waals surface area contributed by atoms with Crippen LogP contribution >= 0.6 is 11.6 Å². The number of nitrogens with two attached hydrogens (primary N) is 1. The van der Waals surface area contributed by atoms with Gasteiger partial charge in [-0.25, -0.2) is 0 Å². The highest BCUT2D eigenvalue weighted by atomic mass is 35.5. The molecule has 1 aromatic heterocycles. The Morgan fingerprint density at radius 1 is 0.761 bits per heavy atom. The fourth-order valence-corrected chi connectivity index (χ4v) is 6.22. The van der Waals surface area contributed by atoms with Gasteiger partial charge in [0.15, 0.2) is 11.6 Å². The van der Waals surface area contributed by atoms with Crippen molar-refractivity contribution in [3.63, 3.8) is 0 Å². The first-order valence-corrected chi connectivity index (χ1v) is 16.6. The highest BCUT2D eigenvalue weighted by Crippen LogP contribution is 2.39. The fraction of sp³-hybridized carbons (Fsp3) is 0.179. The average molecular weight is 688 g/mol. The van der Waals surface area contributed by atoms with E-state index in [1.165, 1.54) is 36.4 Å². The van der Waals surface area contributed by atoms with E-state index in [4.69, 9.17) is 17.3 Å². The summed E-state index contributed by atoms with van der Waals surface area (Å²) in [5, 5.41) is 8.49. The third-order valence-electron chi connectivity index (χ3n) is 6.98. The Labute approximate surface area is 268 Å². The Morgan fingerprint density at radius 2 is 1.30 bits per heavy atom. The predicted molar refractivity (Wildman–Crippen MR) is 169 cm³/mol. The van der Waals surface area contributed by atoms with Crippen molar-refractivity contribution in [2.45, 2.75) is 23.6 Å². The van der Waals surface area contributed by atoms with Crippen molar-refractivity contribution in [2.24, 2.45) is 5.41 Å². The summed E-state index contributed by atoms with van der Waals surface area (Å²) in [4.78, 5) is 38.0. The lowest BCUT2D eigenvalue weighted by Crippen LogP contribution is -2.32. The zero-order chi connectivity index (χ0) is 33.6. The van der Waals surface area contributed by atoms with Gasteiger partial charge in [-0.3, -0.25) is 18.7 Å². The third kappa shape index (κ3) is 6.63. The van der Waals surface area contributed by atoms with Gasteiger partial charge < -0.3 is 21.7 Å². The molecule has 0 unspecified atom stereocenters. The fourth-order valence-electron chi connectivity index (χ4n) is 4.76. The molecule has 3 aromatic carbocycles. The zero-order valence-electron chi connectivity index (χ0n) is 24.1. The van der Waals surface area contributed by atoms with Crippen LogP contribution in [0.2, 0.25) is 5.28 Å². The average Bonchev–Trinajstić information content (AvgIpc) is 2.97. The summed E-state index contributed by atoms with van der Waals surface area (Å²) in [5.41, 5.74) is 4.52. The molecule has 18 heteroatoms. The molecule has 0 spiro atoms. The number of nitrogen functional groups attached to an aromatic ring is 1. The second-order valence-corrected chi connectivity index (χ2v) is 14.1. The number of fused-ring (bicyclic) bond motifs is 2. The molecule has 0 bridgehead atoms. The molecule has 0 saturated carbocycles. The van der Waals surface area contributed by atoms with Crippen LogP contribution in [0.15, 0.2) is 64.4 Å². The number of hydrogen-bond acceptors (Lipinski definition) is 13. The van der Waals surface area contributed by atoms with Crippen molar-refractivity contribution in [3.05, 3.63) is 82.1 Å². The molecule has 0 atom stereocenters. The van der Waals surface area contributed by atoms with Gasteiger partial charge in [-0.05, 0) is 35.2 Å². The van der Waals surface area contributed by atoms with Gasteiger partial charge >= 0.3 is 0 Å². The van der Waals surface area contributed by atoms with Crippen LogP contribution in [0.3, 0.4) is 0 Å². The molecule has 1 heterocycles. The molecule has 0 radical (unpaired) electrons. The number of para-hydroxylation sites is 1. The van der Waals surface area contributed by atoms with Gasteiger partial charge in [0.2, 0.25) is 17.2 Å². The molecule has 1 aliphatic rings. The van der Waals surface area contributed by atoms with Crippen molar-refractivity contribution in [2.75, 3.05) is 34.8 Å². The molecule has 7 N–H and O–H groups in total. The van der Waals surface area contributed by atoms with Crippen molar-refractivity contribution in [1.82, 2.24) is 15.0 Å². The summed E-state index contributed by atoms with van der Waals surface area (Å²) < 4.78 is 67.2. The first-order chi connectivity index (χ1) is 21.5. The van der Waals surface area contributed by atoms with E-state index >= 15 is 0 Å². The second kappa shape index (κ2) is 11.9. The van der Waals surface area contributed by atoms with Crippen molar-refractivity contribution < 1.29 is 35.5 Å². The van der Waals surface area contributed by atoms with Crippen LogP contribution in [-0.4, -0.2) is 65.5 Å². The minimum absolute atomic E-state index is 0.00510. The Morgan fingerprint density at radius 3 is 1.93 bits per heavy atom. The smallest absolute Gasteiger partial charge is 0.296 e. The van der Waals surface area contributed by atoms with Gasteiger partial charge in [0.1, 0.15) is 9.79 Å². The normalized spacial score (nSPS) is 13.2. The van der Waals surface area contributed by atoms with Crippen LogP contribution < -0.4 is 21.7 Å². The van der Waals surface area contributed by atoms with E-state index in [0.717, 1.165) is 6.07 Å². The third-order valence-corrected chi connectivity index (χ3v) is 8.95. The number of benzene rings is 3. The maximum atomic E-state index is 13.5. The minimum atomic E-state index is -4.88. The minimum Gasteiger partial charge on any atom is -0.397 e. The number of ketones is 2. The number of nitrogens with one attached hydrogen (secondary N) is 3. The van der Waals surface area contributed by atoms with Gasteiger partial charge in [-0.1, -0.05) is 50.2 Å². The SMILES string of the molecule is CC(C)(CNc1nc(Cl)nc(Nc2ccccc2S(=O)(=O)O)n1)CNc1cc(S(=O)(=O)O)c(N)c2c1C(=O)c1ccccc1C2=O. The first-order valence-electron chi connectivity index (χ1n) is 13.3. The van der Waals surface area contributed by atoms with E-state index in [1.54, 1.807) is 12.1 Å². The van der Waals surface area contributed by atoms with Gasteiger partial charge in [-0.2, -0.15) is 31.8 Å². The lowest BCUT2D eigenvalue weighted by Gasteiger charge is -2.28. The Hall–Kier alpha value is -4.68. The molecule has 15 nitrogen and oxygen atoms in total. The van der Waals surface area contributed by atoms with E-state index in [9.17, 15) is 35.5 Å². The maximum Gasteiger partial charge on any atom is 0.296 e. The van der Waals surface area contributed by atoms with Crippen LogP contribution in [0.25, 0.3) is 0 Å². The monoisotopic (exact) mass is 687 g/mol. The number of aromatic nitrogens is 3. The highest BCUT2D eigenvalue weighted by molar-refractivity contribution is 7.86. The summed E-state index contributed by atoms with van der Waals surface area (Å²) in [6.45, 7) is 3.88. The molecule has 0 saturated heterocycles. The Bertz CT molecular complexity index is 2140. The maximum absolute atomic E-state index is 13.5. The molecular weight excluding hydrogens is 662 g/mol. The summed E-state index contributed by atoms with van der Waals surface area (Å²) in [6, 6.07) is 12.6. The number of rotatable bonds is 10. The van der Waals surface area contributed by atoms with Crippen LogP contribution in [0.4, 0.5) is 29.0 Å². The van der Waals surface area contributed by atoms with Gasteiger partial charge in [0, 0.05) is 29.9 Å². The lowest BCUT2D eigenvalue weighted by molar-refractivity contribution is 0.0980. The van der Waals surface area contributed by atoms with Crippen LogP contribution in [-0.2, 0) is 20.2 Å². The second-order valence-electron chi connectivity index (χ2n) is 11.0. The van der Waals surface area contributed by atoms with E-state index < -0.39 is 52.7 Å². The zero-order valence-corrected chi connectivity index (χ0v) is 26.5. The summed E-state index contributed by atoms with van der Waals surface area (Å²) >= 11 is 6.07. The number of nitrogens with zero attached hydrogens (tertiary/aromatic N) is 3. The molecule has 240 valence electrons. The Balaban J connectivity index is 1.39. The quantitative estimate of drug-likeness (QED) is 0.0906. The predicted octanol–water partition coefficient (Wildman–Crippen LogP) is 3.67. The van der Waals surface area contributed by atoms with E-state index in [0.29, 0.717) is 0 Å². The number of halogens is 1. The van der Waals surface area contributed by atoms with Crippen molar-refractivity contribution >= 4 is 72.4 Å². The highest BCUT2D eigenvalue weighted by Gasteiger charge is 2.36. The standard InChI is InChI=1S/C28H26ClN7O8S2/c1-28(2,13-32-26-34-25(29)35-27(36-26)33-16-9-5-6-10-18(16)45(39,40)41)12-31-17-11-19(46(42,43)44)22(30)21-20(17)23(37)14-7-3-4-8-15(14)24(21)38/h3-11,31H,12-13,30H2,1-2H3,(H,39,40,41)(H,42,43,44)(H2,32,33,34,35,36). The largest absolute Gasteiger partial charge is 0.397 e. The van der Waals surface area contributed by atoms with Crippen LogP contribution in [0.5, 0.6) is 0 Å². The molecule has 0 amide bonds. The number of carbonyl (C=O) groups is 2. The molecule has 46 heavy (non-hydrogen) atoms.